The summed E-state index contributed by atoms with van der Waals surface area (Å²) in [4.78, 5) is 17.3. The summed E-state index contributed by atoms with van der Waals surface area (Å²) in [6, 6.07) is 12.3. The van der Waals surface area contributed by atoms with E-state index in [1.165, 1.54) is 4.68 Å². The highest BCUT2D eigenvalue weighted by Gasteiger charge is 2.17. The van der Waals surface area contributed by atoms with Gasteiger partial charge in [-0.15, -0.1) is 0 Å². The Balaban J connectivity index is 1.77. The van der Waals surface area contributed by atoms with Crippen molar-refractivity contribution < 1.29 is 13.6 Å². The number of halogens is 2. The number of para-hydroxylation sites is 1. The lowest BCUT2D eigenvalue weighted by atomic mass is 10.1. The number of aryl methyl sites for hydroxylation is 3. The lowest BCUT2D eigenvalue weighted by Crippen LogP contribution is -2.17. The second kappa shape index (κ2) is 7.09. The van der Waals surface area contributed by atoms with Crippen molar-refractivity contribution in [3.05, 3.63) is 82.5 Å². The van der Waals surface area contributed by atoms with Gasteiger partial charge in [-0.1, -0.05) is 18.2 Å². The van der Waals surface area contributed by atoms with E-state index >= 15 is 0 Å². The molecule has 0 aliphatic carbocycles. The number of rotatable bonds is 3. The third-order valence-corrected chi connectivity index (χ3v) is 4.70. The Morgan fingerprint density at radius 3 is 2.55 bits per heavy atom. The summed E-state index contributed by atoms with van der Waals surface area (Å²) < 4.78 is 28.6. The quantitative estimate of drug-likeness (QED) is 0.541. The minimum atomic E-state index is -0.930. The first-order chi connectivity index (χ1) is 13.8. The largest absolute Gasteiger partial charge is 0.306 e. The maximum absolute atomic E-state index is 14.0. The zero-order valence-electron chi connectivity index (χ0n) is 16.1. The van der Waals surface area contributed by atoms with E-state index in [-0.39, 0.29) is 5.56 Å². The molecule has 0 saturated heterocycles. The fourth-order valence-corrected chi connectivity index (χ4v) is 3.27. The Bertz CT molecular complexity index is 1260. The maximum atomic E-state index is 14.0. The fourth-order valence-electron chi connectivity index (χ4n) is 3.27. The van der Waals surface area contributed by atoms with Gasteiger partial charge in [0.25, 0.3) is 5.91 Å². The summed E-state index contributed by atoms with van der Waals surface area (Å²) in [6.45, 7) is 5.74. The molecule has 0 aliphatic rings. The van der Waals surface area contributed by atoms with Gasteiger partial charge in [0.05, 0.1) is 16.8 Å². The van der Waals surface area contributed by atoms with Crippen LogP contribution in [0.2, 0.25) is 0 Å². The standard InChI is InChI=1S/C22H18F2N4O/c1-12-5-4-6-16-13(2)9-19(25-21(12)16)28-20(10-14(3)27-28)26-22(29)17-8-7-15(23)11-18(17)24/h4-11H,1-3H3,(H,26,29). The zero-order chi connectivity index (χ0) is 20.7. The molecule has 2 aromatic carbocycles. The molecule has 146 valence electrons. The number of carbonyl (C=O) groups excluding carboxylic acids is 1. The number of nitrogens with one attached hydrogen (secondary N) is 1. The predicted molar refractivity (Wildman–Crippen MR) is 107 cm³/mol. The van der Waals surface area contributed by atoms with Gasteiger partial charge in [-0.25, -0.2) is 13.8 Å². The molecule has 2 heterocycles. The first-order valence-corrected chi connectivity index (χ1v) is 9.04. The number of nitrogens with zero attached hydrogens (tertiary/aromatic N) is 3. The first-order valence-electron chi connectivity index (χ1n) is 9.04. The van der Waals surface area contributed by atoms with Gasteiger partial charge in [-0.3, -0.25) is 4.79 Å². The Morgan fingerprint density at radius 2 is 1.79 bits per heavy atom. The Morgan fingerprint density at radius 1 is 1.00 bits per heavy atom. The molecule has 1 N–H and O–H groups in total. The molecule has 29 heavy (non-hydrogen) atoms. The lowest BCUT2D eigenvalue weighted by molar-refractivity contribution is 0.102. The minimum absolute atomic E-state index is 0.254. The van der Waals surface area contributed by atoms with E-state index in [2.05, 4.69) is 10.4 Å². The van der Waals surface area contributed by atoms with Crippen molar-refractivity contribution in [2.75, 3.05) is 5.32 Å². The SMILES string of the molecule is Cc1cc(NC(=O)c2ccc(F)cc2F)n(-c2cc(C)c3cccc(C)c3n2)n1. The molecule has 2 aromatic heterocycles. The van der Waals surface area contributed by atoms with E-state index in [0.717, 1.165) is 34.2 Å². The summed E-state index contributed by atoms with van der Waals surface area (Å²) in [5, 5.41) is 8.11. The van der Waals surface area contributed by atoms with Gasteiger partial charge in [0.15, 0.2) is 5.82 Å². The van der Waals surface area contributed by atoms with Crippen LogP contribution in [0.1, 0.15) is 27.2 Å². The number of pyridine rings is 1. The predicted octanol–water partition coefficient (Wildman–Crippen LogP) is 4.88. The topological polar surface area (TPSA) is 59.8 Å². The number of hydrogen-bond acceptors (Lipinski definition) is 3. The molecule has 0 atom stereocenters. The molecule has 0 unspecified atom stereocenters. The van der Waals surface area contributed by atoms with Crippen LogP contribution in [0.15, 0.2) is 48.5 Å². The number of hydrogen-bond donors (Lipinski definition) is 1. The monoisotopic (exact) mass is 392 g/mol. The van der Waals surface area contributed by atoms with Gasteiger partial charge in [-0.05, 0) is 50.1 Å². The zero-order valence-corrected chi connectivity index (χ0v) is 16.1. The van der Waals surface area contributed by atoms with Gasteiger partial charge < -0.3 is 5.32 Å². The molecule has 0 fully saturated rings. The highest BCUT2D eigenvalue weighted by Crippen LogP contribution is 2.25. The summed E-state index contributed by atoms with van der Waals surface area (Å²) >= 11 is 0. The molecule has 1 amide bonds. The van der Waals surface area contributed by atoms with Crippen LogP contribution in [0.4, 0.5) is 14.6 Å². The van der Waals surface area contributed by atoms with Crippen LogP contribution in [0, 0.1) is 32.4 Å². The molecule has 7 heteroatoms. The van der Waals surface area contributed by atoms with Crippen molar-refractivity contribution in [2.24, 2.45) is 0 Å². The first kappa shape index (κ1) is 18.7. The van der Waals surface area contributed by atoms with E-state index in [4.69, 9.17) is 4.98 Å². The summed E-state index contributed by atoms with van der Waals surface area (Å²) in [5.41, 5.74) is 3.29. The average molecular weight is 392 g/mol. The highest BCUT2D eigenvalue weighted by atomic mass is 19.1. The van der Waals surface area contributed by atoms with Gasteiger partial charge >= 0.3 is 0 Å². The van der Waals surface area contributed by atoms with Crippen LogP contribution >= 0.6 is 0 Å². The number of aromatic nitrogens is 3. The van der Waals surface area contributed by atoms with Gasteiger partial charge in [0.1, 0.15) is 17.5 Å². The van der Waals surface area contributed by atoms with Crippen LogP contribution < -0.4 is 5.32 Å². The molecule has 0 saturated carbocycles. The van der Waals surface area contributed by atoms with Crippen LogP contribution in [-0.2, 0) is 0 Å². The molecule has 0 aliphatic heterocycles. The number of fused-ring (bicyclic) bond motifs is 1. The van der Waals surface area contributed by atoms with Gasteiger partial charge in [0, 0.05) is 17.5 Å². The van der Waals surface area contributed by atoms with Crippen molar-refractivity contribution >= 4 is 22.6 Å². The molecule has 5 nitrogen and oxygen atoms in total. The van der Waals surface area contributed by atoms with Crippen molar-refractivity contribution in [1.82, 2.24) is 14.8 Å². The molecule has 4 aromatic rings. The Kier molecular flexibility index (Phi) is 4.58. The third-order valence-electron chi connectivity index (χ3n) is 4.70. The van der Waals surface area contributed by atoms with E-state index in [9.17, 15) is 13.6 Å². The molecular formula is C22H18F2N4O. The van der Waals surface area contributed by atoms with Crippen molar-refractivity contribution in [3.8, 4) is 5.82 Å². The average Bonchev–Trinajstić information content (AvgIpc) is 3.02. The van der Waals surface area contributed by atoms with Crippen molar-refractivity contribution in [2.45, 2.75) is 20.8 Å². The number of carbonyl (C=O) groups is 1. The Labute approximate surface area is 166 Å². The second-order valence-electron chi connectivity index (χ2n) is 6.93. The molecule has 0 radical (unpaired) electrons. The molecule has 4 rings (SSSR count). The molecule has 0 bridgehead atoms. The molecule has 0 spiro atoms. The fraction of sp³-hybridized carbons (Fsp3) is 0.136. The minimum Gasteiger partial charge on any atom is -0.306 e. The van der Waals surface area contributed by atoms with Gasteiger partial charge in [0.2, 0.25) is 0 Å². The van der Waals surface area contributed by atoms with Gasteiger partial charge in [-0.2, -0.15) is 9.78 Å². The van der Waals surface area contributed by atoms with Crippen LogP contribution in [0.3, 0.4) is 0 Å². The smallest absolute Gasteiger partial charge is 0.259 e. The highest BCUT2D eigenvalue weighted by molar-refractivity contribution is 6.04. The summed E-state index contributed by atoms with van der Waals surface area (Å²) in [7, 11) is 0. The normalized spacial score (nSPS) is 11.1. The van der Waals surface area contributed by atoms with Crippen LogP contribution in [-0.4, -0.2) is 20.7 Å². The van der Waals surface area contributed by atoms with Crippen molar-refractivity contribution in [1.29, 1.82) is 0 Å². The van der Waals surface area contributed by atoms with Crippen LogP contribution in [0.25, 0.3) is 16.7 Å². The number of amides is 1. The van der Waals surface area contributed by atoms with E-state index in [1.807, 2.05) is 38.1 Å². The second-order valence-corrected chi connectivity index (χ2v) is 6.93. The van der Waals surface area contributed by atoms with E-state index < -0.39 is 17.5 Å². The summed E-state index contributed by atoms with van der Waals surface area (Å²) in [6.07, 6.45) is 0. The van der Waals surface area contributed by atoms with E-state index in [1.54, 1.807) is 13.0 Å². The summed E-state index contributed by atoms with van der Waals surface area (Å²) in [5.74, 6) is -1.49. The van der Waals surface area contributed by atoms with Crippen LogP contribution in [0.5, 0.6) is 0 Å². The Hall–Kier alpha value is -3.61. The maximum Gasteiger partial charge on any atom is 0.259 e. The number of benzene rings is 2. The van der Waals surface area contributed by atoms with Crippen molar-refractivity contribution in [3.63, 3.8) is 0 Å². The molecular weight excluding hydrogens is 374 g/mol. The third kappa shape index (κ3) is 3.47. The number of anilines is 1. The van der Waals surface area contributed by atoms with E-state index in [0.29, 0.717) is 23.4 Å². The lowest BCUT2D eigenvalue weighted by Gasteiger charge is -2.12.